The fourth-order valence-electron chi connectivity index (χ4n) is 4.50. The molecule has 1 aliphatic carbocycles. The number of esters is 1. The Morgan fingerprint density at radius 1 is 1.16 bits per heavy atom. The number of benzene rings is 1. The molecule has 5 atom stereocenters. The van der Waals surface area contributed by atoms with E-state index in [-0.39, 0.29) is 48.5 Å². The zero-order valence-corrected chi connectivity index (χ0v) is 22.6. The molecular weight excluding hydrogens is 501 g/mol. The number of alkyl halides is 3. The Bertz CT molecular complexity index is 912. The molecule has 1 aromatic carbocycles. The van der Waals surface area contributed by atoms with Gasteiger partial charge in [0.05, 0.1) is 30.0 Å². The number of halogens is 3. The average molecular weight is 543 g/mol. The Labute approximate surface area is 223 Å². The van der Waals surface area contributed by atoms with E-state index in [0.29, 0.717) is 25.7 Å². The van der Waals surface area contributed by atoms with Crippen molar-refractivity contribution in [3.63, 3.8) is 0 Å². The third kappa shape index (κ3) is 11.2. The molecule has 0 radical (unpaired) electrons. The number of rotatable bonds is 14. The molecule has 6 nitrogen and oxygen atoms in total. The first kappa shape index (κ1) is 31.9. The van der Waals surface area contributed by atoms with E-state index in [9.17, 15) is 28.2 Å². The fraction of sp³-hybridized carbons (Fsp3) is 0.621. The molecule has 0 spiro atoms. The van der Waals surface area contributed by atoms with Crippen LogP contribution in [-0.2, 0) is 20.4 Å². The third-order valence-corrected chi connectivity index (χ3v) is 6.17. The van der Waals surface area contributed by atoms with Gasteiger partial charge in [0.15, 0.2) is 0 Å². The van der Waals surface area contributed by atoms with Crippen LogP contribution < -0.4 is 4.74 Å². The lowest BCUT2D eigenvalue weighted by molar-refractivity contribution is -0.147. The second kappa shape index (κ2) is 15.3. The van der Waals surface area contributed by atoms with Crippen LogP contribution in [-0.4, -0.2) is 53.3 Å². The first-order chi connectivity index (χ1) is 17.9. The van der Waals surface area contributed by atoms with E-state index in [2.05, 4.69) is 0 Å². The maximum Gasteiger partial charge on any atom is 0.416 e. The molecular formula is C29H41F3O6. The molecule has 1 fully saturated rings. The van der Waals surface area contributed by atoms with E-state index in [1.54, 1.807) is 6.08 Å². The maximum atomic E-state index is 12.9. The largest absolute Gasteiger partial charge is 0.491 e. The van der Waals surface area contributed by atoms with Gasteiger partial charge < -0.3 is 24.4 Å². The molecule has 214 valence electrons. The maximum absolute atomic E-state index is 12.9. The van der Waals surface area contributed by atoms with Crippen molar-refractivity contribution >= 4 is 5.97 Å². The summed E-state index contributed by atoms with van der Waals surface area (Å²) in [5.41, 5.74) is -0.823. The van der Waals surface area contributed by atoms with E-state index in [0.717, 1.165) is 18.6 Å². The molecule has 1 aromatic rings. The normalized spacial score (nSPS) is 23.1. The van der Waals surface area contributed by atoms with Crippen molar-refractivity contribution in [2.24, 2.45) is 11.8 Å². The van der Waals surface area contributed by atoms with Crippen molar-refractivity contribution < 1.29 is 42.4 Å². The highest BCUT2D eigenvalue weighted by atomic mass is 19.4. The topological polar surface area (TPSA) is 85.2 Å². The Morgan fingerprint density at radius 2 is 1.89 bits per heavy atom. The molecule has 0 aliphatic heterocycles. The van der Waals surface area contributed by atoms with Gasteiger partial charge in [-0.1, -0.05) is 30.4 Å². The number of carbonyl (C=O) groups excluding carboxylic acids is 1. The van der Waals surface area contributed by atoms with Crippen LogP contribution in [0.2, 0.25) is 0 Å². The summed E-state index contributed by atoms with van der Waals surface area (Å²) in [6.45, 7) is 7.28. The average Bonchev–Trinajstić information content (AvgIpc) is 3.10. The van der Waals surface area contributed by atoms with Gasteiger partial charge in [0, 0.05) is 18.8 Å². The van der Waals surface area contributed by atoms with Crippen molar-refractivity contribution in [2.45, 2.75) is 96.5 Å². The summed E-state index contributed by atoms with van der Waals surface area (Å²) in [5.74, 6) is -0.493. The molecule has 0 bridgehead atoms. The van der Waals surface area contributed by atoms with Gasteiger partial charge >= 0.3 is 12.1 Å². The summed E-state index contributed by atoms with van der Waals surface area (Å²) in [6, 6.07) is 4.49. The predicted octanol–water partition coefficient (Wildman–Crippen LogP) is 5.86. The van der Waals surface area contributed by atoms with Crippen LogP contribution in [0.1, 0.15) is 65.4 Å². The van der Waals surface area contributed by atoms with Gasteiger partial charge in [-0.15, -0.1) is 0 Å². The Morgan fingerprint density at radius 3 is 2.55 bits per heavy atom. The molecule has 38 heavy (non-hydrogen) atoms. The number of aliphatic hydroxyl groups is 2. The van der Waals surface area contributed by atoms with Crippen LogP contribution in [0.3, 0.4) is 0 Å². The Balaban J connectivity index is 1.94. The standard InChI is InChI=1S/C29H41F3O6/c1-19(2)37-27-17-26(34)24(25(27)12-7-5-6-8-13-28(35)38-20(3)4)15-14-22(33)18-36-23-11-9-10-21(16-23)29(30,31)32/h5,7,9-11,14-16,19-20,22,24-27,33-34H,6,8,12-13,17-18H2,1-4H3/b7-5-,15-14+/t22-,24-,25-,26-,27+/m1/s1. The van der Waals surface area contributed by atoms with E-state index in [1.807, 2.05) is 39.8 Å². The summed E-state index contributed by atoms with van der Waals surface area (Å²) >= 11 is 0. The minimum atomic E-state index is -4.48. The molecule has 2 N–H and O–H groups in total. The molecule has 0 heterocycles. The van der Waals surface area contributed by atoms with E-state index < -0.39 is 23.9 Å². The third-order valence-electron chi connectivity index (χ3n) is 6.17. The highest BCUT2D eigenvalue weighted by Crippen LogP contribution is 2.39. The SMILES string of the molecule is CC(C)OC(=O)CCC/C=C\C[C@@H]1[C@@H](/C=C/[C@@H](O)COc2cccc(C(F)(F)F)c2)[C@H](O)C[C@@H]1OC(C)C. The van der Waals surface area contributed by atoms with Crippen molar-refractivity contribution in [3.05, 3.63) is 54.1 Å². The van der Waals surface area contributed by atoms with Gasteiger partial charge in [-0.2, -0.15) is 13.2 Å². The van der Waals surface area contributed by atoms with Gasteiger partial charge in [-0.25, -0.2) is 0 Å². The second-order valence-electron chi connectivity index (χ2n) is 10.2. The van der Waals surface area contributed by atoms with E-state index in [4.69, 9.17) is 14.2 Å². The molecule has 0 aromatic heterocycles. The molecule has 9 heteroatoms. The summed E-state index contributed by atoms with van der Waals surface area (Å²) in [6.07, 6.45) is 3.67. The minimum Gasteiger partial charge on any atom is -0.491 e. The van der Waals surface area contributed by atoms with Crippen molar-refractivity contribution in [1.82, 2.24) is 0 Å². The van der Waals surface area contributed by atoms with Gasteiger partial charge in [-0.05, 0) is 71.1 Å². The lowest BCUT2D eigenvalue weighted by Crippen LogP contribution is -2.25. The number of hydrogen-bond donors (Lipinski definition) is 2. The minimum absolute atomic E-state index is 0.0130. The van der Waals surface area contributed by atoms with Crippen LogP contribution in [0, 0.1) is 11.8 Å². The summed E-state index contributed by atoms with van der Waals surface area (Å²) in [7, 11) is 0. The smallest absolute Gasteiger partial charge is 0.416 e. The summed E-state index contributed by atoms with van der Waals surface area (Å²) < 4.78 is 55.2. The van der Waals surface area contributed by atoms with E-state index in [1.165, 1.54) is 18.2 Å². The van der Waals surface area contributed by atoms with Crippen molar-refractivity contribution in [1.29, 1.82) is 0 Å². The highest BCUT2D eigenvalue weighted by molar-refractivity contribution is 5.69. The van der Waals surface area contributed by atoms with Crippen LogP contribution in [0.5, 0.6) is 5.75 Å². The van der Waals surface area contributed by atoms with E-state index >= 15 is 0 Å². The zero-order valence-electron chi connectivity index (χ0n) is 22.6. The number of hydrogen-bond acceptors (Lipinski definition) is 6. The van der Waals surface area contributed by atoms with Crippen molar-refractivity contribution in [2.75, 3.05) is 6.61 Å². The number of carbonyl (C=O) groups is 1. The van der Waals surface area contributed by atoms with Crippen molar-refractivity contribution in [3.8, 4) is 5.75 Å². The predicted molar refractivity (Wildman–Crippen MR) is 139 cm³/mol. The molecule has 1 saturated carbocycles. The fourth-order valence-corrected chi connectivity index (χ4v) is 4.50. The number of unbranched alkanes of at least 4 members (excludes halogenated alkanes) is 1. The number of allylic oxidation sites excluding steroid dienone is 2. The Hall–Kier alpha value is -2.36. The number of ether oxygens (including phenoxy) is 3. The first-order valence-corrected chi connectivity index (χ1v) is 13.2. The lowest BCUT2D eigenvalue weighted by Gasteiger charge is -2.24. The van der Waals surface area contributed by atoms with Crippen LogP contribution in [0.15, 0.2) is 48.6 Å². The van der Waals surface area contributed by atoms with Crippen LogP contribution in [0.25, 0.3) is 0 Å². The van der Waals surface area contributed by atoms with Gasteiger partial charge in [0.1, 0.15) is 18.5 Å². The van der Waals surface area contributed by atoms with Gasteiger partial charge in [-0.3, -0.25) is 4.79 Å². The summed E-state index contributed by atoms with van der Waals surface area (Å²) in [5, 5.41) is 21.1. The highest BCUT2D eigenvalue weighted by Gasteiger charge is 2.41. The van der Waals surface area contributed by atoms with Gasteiger partial charge in [0.2, 0.25) is 0 Å². The second-order valence-corrected chi connectivity index (χ2v) is 10.2. The molecule has 0 unspecified atom stereocenters. The lowest BCUT2D eigenvalue weighted by atomic mass is 9.89. The summed E-state index contributed by atoms with van der Waals surface area (Å²) in [4.78, 5) is 11.7. The molecule has 0 amide bonds. The molecule has 0 saturated heterocycles. The van der Waals surface area contributed by atoms with Crippen LogP contribution in [0.4, 0.5) is 13.2 Å². The first-order valence-electron chi connectivity index (χ1n) is 13.2. The molecule has 1 aliphatic rings. The molecule has 2 rings (SSSR count). The quantitative estimate of drug-likeness (QED) is 0.174. The number of aliphatic hydroxyl groups excluding tert-OH is 2. The Kier molecular flexibility index (Phi) is 12.8. The van der Waals surface area contributed by atoms with Gasteiger partial charge in [0.25, 0.3) is 0 Å². The monoisotopic (exact) mass is 542 g/mol. The zero-order chi connectivity index (χ0) is 28.3. The van der Waals surface area contributed by atoms with Crippen LogP contribution >= 0.6 is 0 Å².